The second-order valence-electron chi connectivity index (χ2n) is 41.7. The van der Waals surface area contributed by atoms with Crippen molar-refractivity contribution in [2.75, 3.05) is 63.4 Å². The van der Waals surface area contributed by atoms with E-state index in [4.69, 9.17) is 66.7 Å². The normalized spacial score (nSPS) is 14.7. The van der Waals surface area contributed by atoms with E-state index in [1.807, 2.05) is 37.6 Å². The largest absolute Gasteiger partial charge is 0.476 e. The van der Waals surface area contributed by atoms with Crippen LogP contribution < -0.4 is 32.5 Å². The summed E-state index contributed by atoms with van der Waals surface area (Å²) in [6.07, 6.45) is -31.7. The van der Waals surface area contributed by atoms with Gasteiger partial charge < -0.3 is 72.1 Å². The van der Waals surface area contributed by atoms with Gasteiger partial charge in [-0.3, -0.25) is 40.7 Å². The third-order valence-electron chi connectivity index (χ3n) is 22.6. The van der Waals surface area contributed by atoms with Crippen molar-refractivity contribution in [1.82, 2.24) is 26.1 Å². The zero-order chi connectivity index (χ0) is 113. The van der Waals surface area contributed by atoms with Crippen LogP contribution in [0.4, 0.5) is 91.6 Å². The van der Waals surface area contributed by atoms with E-state index in [1.54, 1.807) is 138 Å². The molecule has 5 aromatic rings. The Morgan fingerprint density at radius 2 is 0.685 bits per heavy atom. The first-order chi connectivity index (χ1) is 66.3. The molecule has 49 heteroatoms. The van der Waals surface area contributed by atoms with Gasteiger partial charge >= 0.3 is 55.1 Å². The number of halogens is 17. The lowest BCUT2D eigenvalue weighted by atomic mass is 9.91. The molecule has 0 aliphatic heterocycles. The van der Waals surface area contributed by atoms with Crippen molar-refractivity contribution in [3.8, 4) is 0 Å². The van der Waals surface area contributed by atoms with E-state index in [1.165, 1.54) is 32.9 Å². The quantitative estimate of drug-likeness (QED) is 0.00476. The van der Waals surface area contributed by atoms with E-state index in [0.717, 1.165) is 0 Å². The van der Waals surface area contributed by atoms with Crippen LogP contribution in [0.5, 0.6) is 0 Å². The van der Waals surface area contributed by atoms with Crippen molar-refractivity contribution in [2.24, 2.45) is 5.73 Å². The maximum absolute atomic E-state index is 14.9. The molecule has 0 fully saturated rings. The number of benzene rings is 3. The molecule has 0 spiro atoms. The summed E-state index contributed by atoms with van der Waals surface area (Å²) in [5, 5.41) is 15.0. The van der Waals surface area contributed by atoms with Crippen LogP contribution in [0.1, 0.15) is 233 Å². The van der Waals surface area contributed by atoms with E-state index in [-0.39, 0.29) is 98.9 Å². The van der Waals surface area contributed by atoms with Gasteiger partial charge in [-0.25, -0.2) is 29.1 Å². The number of pyridine rings is 2. The van der Waals surface area contributed by atoms with Crippen LogP contribution in [0.15, 0.2) is 112 Å². The summed E-state index contributed by atoms with van der Waals surface area (Å²) in [5.41, 5.74) is -8.10. The molecular weight excluding hydrogens is 2140 g/mol. The summed E-state index contributed by atoms with van der Waals surface area (Å²) < 4.78 is 274. The molecular formula is C97H143Br2F15N8O21Si3. The monoisotopic (exact) mass is 2280 g/mol. The SMILES string of the molecule is CC(C)(C)OC(=O)Nc1cc(C(F)(F)F)c(Br)nc1C(=O)O.C[C@@H](COCCC[C@@](OCc1ccccc1)(C(=O)CN)C(F)(F)F)O[Si](C)(C)C(C)(C)C.C[C@@H](COCCC[C@@](OCc1ccccc1)(C(=O)CNC(=O)OC(C)(C)C)C(F)(F)F)O[Si](C)(C)C(C)(C)C.C[C@@H](COCCC[C@@](OCc1ccccc1)(C(=O)NNC(=O)c1nc(Br)c(C(F)(F)F)cc1NC(=O)OC(C)(C)C)C(F)(F)F)O[Si](C)(C)C(C)(C)C. The van der Waals surface area contributed by atoms with Gasteiger partial charge in [-0.05, 0) is 237 Å². The summed E-state index contributed by atoms with van der Waals surface area (Å²) in [6.45, 7) is 48.2. The number of hydrogen-bond acceptors (Lipinski definition) is 23. The first-order valence-corrected chi connectivity index (χ1v) is 56.7. The third kappa shape index (κ3) is 44.7. The molecule has 0 unspecified atom stereocenters. The van der Waals surface area contributed by atoms with Crippen LogP contribution in [-0.2, 0) is 102 Å². The molecule has 5 rings (SSSR count). The molecule has 8 N–H and O–H groups in total. The number of carboxylic acid groups (broad SMARTS) is 1. The number of amides is 5. The number of nitrogens with two attached hydrogens (primary N) is 1. The number of hydrazine groups is 1. The van der Waals surface area contributed by atoms with E-state index in [2.05, 4.69) is 136 Å². The second kappa shape index (κ2) is 55.6. The summed E-state index contributed by atoms with van der Waals surface area (Å²) >= 11 is 5.19. The van der Waals surface area contributed by atoms with Crippen molar-refractivity contribution in [3.05, 3.63) is 152 Å². The number of alkyl halides is 15. The molecule has 6 atom stereocenters. The number of alkyl carbamates (subject to hydrolysis) is 1. The predicted octanol–water partition coefficient (Wildman–Crippen LogP) is 24.6. The Bertz CT molecular complexity index is 4980. The Morgan fingerprint density at radius 1 is 0.404 bits per heavy atom. The summed E-state index contributed by atoms with van der Waals surface area (Å²) in [6, 6.07) is 25.3. The Kier molecular flexibility index (Phi) is 51.0. The van der Waals surface area contributed by atoms with Crippen molar-refractivity contribution >= 4 is 116 Å². The number of carboxylic acids is 1. The molecule has 0 aliphatic carbocycles. The van der Waals surface area contributed by atoms with Gasteiger partial charge in [0.25, 0.3) is 11.8 Å². The van der Waals surface area contributed by atoms with Gasteiger partial charge in [0.1, 0.15) is 26.0 Å². The molecule has 0 saturated carbocycles. The van der Waals surface area contributed by atoms with E-state index < -0.39 is 226 Å². The Labute approximate surface area is 864 Å². The summed E-state index contributed by atoms with van der Waals surface area (Å²) in [4.78, 5) is 106. The van der Waals surface area contributed by atoms with E-state index >= 15 is 0 Å². The van der Waals surface area contributed by atoms with Crippen LogP contribution >= 0.6 is 31.9 Å². The fourth-order valence-electron chi connectivity index (χ4n) is 12.2. The van der Waals surface area contributed by atoms with Crippen molar-refractivity contribution in [3.63, 3.8) is 0 Å². The van der Waals surface area contributed by atoms with Crippen LogP contribution in [0, 0.1) is 0 Å². The standard InChI is InChI=1S/C34H47BrF6N4O7Si.C28H46F3NO6Si.C23H38F3NO4Si.C12H12BrF3N2O4/c1-21(52-53(8,9)31(5,6)7)19-49-17-13-16-32(34(39,40)41,50-20-22-14-11-10-12-15-22)28(47)45-44-27(46)25-24(42-29(48)51-30(2,3)4)18-23(26(35)43-25)33(36,37)38;1-21(38-39(8,9)26(5,6)7)19-35-17-13-16-27(28(29,30)31,36-20-22-14-11-10-12-15-22)23(33)18-32-24(34)37-25(2,3)4;1-18(31-32(5,6)21(2,3)4)16-29-14-10-13-22(20(28)15-27,23(24,25)26)30-17-19-11-8-7-9-12-19;1-11(2,3)22-10(21)17-6-4-5(12(14,15)16)8(13)18-7(6)9(19)20/h10-12,14-15,18,21H,13,16-17,19-20H2,1-9H3,(H,42,48)(H,44,46)(H,45,47);10-12,14-15,21H,13,16-20H2,1-9H3,(H,32,34);7-9,11-12,18H,10,13-17,27H2,1-6H3;4H,1-3H3,(H,17,21)(H,19,20)/t21-,32+;21-,27+;18-,22+;/m000./s1. The number of anilines is 2. The van der Waals surface area contributed by atoms with Crippen molar-refractivity contribution in [1.29, 1.82) is 0 Å². The van der Waals surface area contributed by atoms with Crippen molar-refractivity contribution < 1.29 is 165 Å². The van der Waals surface area contributed by atoms with Gasteiger partial charge in [-0.15, -0.1) is 0 Å². The highest BCUT2D eigenvalue weighted by Gasteiger charge is 2.64. The zero-order valence-electron chi connectivity index (χ0n) is 87.6. The first-order valence-electron chi connectivity index (χ1n) is 46.4. The van der Waals surface area contributed by atoms with Crippen LogP contribution in [0.3, 0.4) is 0 Å². The average molecular weight is 2290 g/mol. The third-order valence-corrected chi connectivity index (χ3v) is 37.6. The maximum atomic E-state index is 14.9. The van der Waals surface area contributed by atoms with Gasteiger partial charge in [0.05, 0.1) is 93.5 Å². The Hall–Kier alpha value is -8.32. The number of nitrogens with one attached hydrogen (secondary N) is 5. The number of aromatic carboxylic acids is 1. The number of rotatable bonds is 43. The van der Waals surface area contributed by atoms with Crippen LogP contribution in [-0.4, -0.2) is 211 Å². The minimum absolute atomic E-state index is 0.00709. The number of carbonyl (C=O) groups excluding carboxylic acids is 7. The predicted molar refractivity (Wildman–Crippen MR) is 533 cm³/mol. The number of ketones is 2. The van der Waals surface area contributed by atoms with E-state index in [9.17, 15) is 104 Å². The van der Waals surface area contributed by atoms with E-state index in [0.29, 0.717) is 28.8 Å². The molecule has 828 valence electrons. The van der Waals surface area contributed by atoms with Gasteiger partial charge in [0.2, 0.25) is 16.8 Å². The fraction of sp³-hybridized carbons (Fsp3) is 0.629. The lowest BCUT2D eigenvalue weighted by Gasteiger charge is -2.38. The van der Waals surface area contributed by atoms with Gasteiger partial charge in [0.15, 0.2) is 47.9 Å². The molecule has 146 heavy (non-hydrogen) atoms. The summed E-state index contributed by atoms with van der Waals surface area (Å²) in [7, 11) is -6.13. The second-order valence-corrected chi connectivity index (χ2v) is 57.5. The maximum Gasteiger partial charge on any atom is 0.426 e. The smallest absolute Gasteiger partial charge is 0.426 e. The lowest BCUT2D eigenvalue weighted by molar-refractivity contribution is -0.274. The highest BCUT2D eigenvalue weighted by molar-refractivity contribution is 9.10. The minimum Gasteiger partial charge on any atom is -0.476 e. The number of nitrogens with zero attached hydrogens (tertiary/aromatic N) is 2. The first kappa shape index (κ1) is 134. The molecule has 5 amide bonds. The van der Waals surface area contributed by atoms with Crippen LogP contribution in [0.25, 0.3) is 0 Å². The number of carbonyl (C=O) groups is 8. The van der Waals surface area contributed by atoms with Crippen LogP contribution in [0.2, 0.25) is 54.4 Å². The minimum atomic E-state index is -5.34. The molecule has 2 heterocycles. The Balaban J connectivity index is 0.000000688. The fourth-order valence-corrected chi connectivity index (χ4v) is 17.5. The zero-order valence-corrected chi connectivity index (χ0v) is 93.7. The topological polar surface area (TPSA) is 379 Å². The molecule has 2 aromatic heterocycles. The molecule has 29 nitrogen and oxygen atoms in total. The molecule has 0 saturated heterocycles. The van der Waals surface area contributed by atoms with Crippen molar-refractivity contribution in [2.45, 2.75) is 341 Å². The summed E-state index contributed by atoms with van der Waals surface area (Å²) in [5.74, 6) is -7.41. The molecule has 0 radical (unpaired) electrons. The molecule has 3 aromatic carbocycles. The molecule has 0 bridgehead atoms. The van der Waals surface area contributed by atoms with Gasteiger partial charge in [-0.2, -0.15) is 65.9 Å². The highest BCUT2D eigenvalue weighted by atomic mass is 79.9. The molecule has 0 aliphatic rings. The highest BCUT2D eigenvalue weighted by Crippen LogP contribution is 2.46. The number of aromatic nitrogens is 2. The van der Waals surface area contributed by atoms with Gasteiger partial charge in [-0.1, -0.05) is 153 Å². The number of Topliss-reactive ketones (excluding diaryl/α,β-unsaturated/α-hetero) is 2. The average Bonchev–Trinajstić information content (AvgIpc) is 0.777. The Morgan fingerprint density at radius 3 is 0.966 bits per heavy atom. The van der Waals surface area contributed by atoms with Gasteiger partial charge in [0, 0.05) is 19.8 Å². The lowest BCUT2D eigenvalue weighted by Crippen LogP contribution is -2.61. The number of hydrogen-bond donors (Lipinski definition) is 7. The number of ether oxygens (including phenoxy) is 9.